The van der Waals surface area contributed by atoms with E-state index in [0.717, 1.165) is 22.3 Å². The summed E-state index contributed by atoms with van der Waals surface area (Å²) in [7, 11) is 2.11. The highest BCUT2D eigenvalue weighted by atomic mass is 15.0. The van der Waals surface area contributed by atoms with E-state index in [0.29, 0.717) is 5.92 Å². The minimum Gasteiger partial charge on any atom is -0.340 e. The van der Waals surface area contributed by atoms with Crippen molar-refractivity contribution in [3.63, 3.8) is 0 Å². The zero-order chi connectivity index (χ0) is 18.5. The van der Waals surface area contributed by atoms with Crippen LogP contribution in [0.3, 0.4) is 0 Å². The Balaban J connectivity index is 1.82. The summed E-state index contributed by atoms with van der Waals surface area (Å²) in [4.78, 5) is 9.28. The summed E-state index contributed by atoms with van der Waals surface area (Å²) in [6.45, 7) is 4.43. The van der Waals surface area contributed by atoms with Gasteiger partial charge in [-0.1, -0.05) is 62.4 Å². The van der Waals surface area contributed by atoms with E-state index in [1.807, 2.05) is 0 Å². The van der Waals surface area contributed by atoms with Crippen molar-refractivity contribution >= 4 is 32.7 Å². The van der Waals surface area contributed by atoms with Crippen molar-refractivity contribution in [1.82, 2.24) is 14.5 Å². The van der Waals surface area contributed by atoms with E-state index in [2.05, 4.69) is 96.1 Å². The SMILES string of the molecule is CC(C)c1ccc(-c2ncnc3c4cc5ccccc5cc4n(C)c23)cc1. The standard InChI is InChI=1S/C24H21N3/c1-15(2)16-8-10-17(11-9-16)22-24-23(26-14-25-22)20-12-18-6-4-5-7-19(18)13-21(20)27(24)3/h4-15H,1-3H3. The average molecular weight is 351 g/mol. The molecule has 5 aromatic rings. The van der Waals surface area contributed by atoms with Crippen LogP contribution in [0, 0.1) is 0 Å². The van der Waals surface area contributed by atoms with Crippen LogP contribution in [-0.2, 0) is 7.05 Å². The van der Waals surface area contributed by atoms with Gasteiger partial charge in [0.15, 0.2) is 0 Å². The van der Waals surface area contributed by atoms with Gasteiger partial charge in [0.25, 0.3) is 0 Å². The summed E-state index contributed by atoms with van der Waals surface area (Å²) in [6.07, 6.45) is 1.68. The second-order valence-corrected chi connectivity index (χ2v) is 7.47. The summed E-state index contributed by atoms with van der Waals surface area (Å²) in [5, 5.41) is 3.65. The van der Waals surface area contributed by atoms with Gasteiger partial charge in [-0.25, -0.2) is 9.97 Å². The van der Waals surface area contributed by atoms with Crippen molar-refractivity contribution in [2.75, 3.05) is 0 Å². The molecule has 0 saturated heterocycles. The molecule has 0 atom stereocenters. The lowest BCUT2D eigenvalue weighted by Gasteiger charge is -2.08. The van der Waals surface area contributed by atoms with Crippen LogP contribution < -0.4 is 0 Å². The molecule has 0 unspecified atom stereocenters. The Labute approximate surface area is 158 Å². The van der Waals surface area contributed by atoms with Crippen molar-refractivity contribution in [2.24, 2.45) is 7.05 Å². The summed E-state index contributed by atoms with van der Waals surface area (Å²) >= 11 is 0. The van der Waals surface area contributed by atoms with Crippen molar-refractivity contribution in [2.45, 2.75) is 19.8 Å². The fraction of sp³-hybridized carbons (Fsp3) is 0.167. The number of rotatable bonds is 2. The molecule has 3 heteroatoms. The first-order valence-electron chi connectivity index (χ1n) is 9.35. The van der Waals surface area contributed by atoms with E-state index in [-0.39, 0.29) is 0 Å². The molecular weight excluding hydrogens is 330 g/mol. The molecule has 27 heavy (non-hydrogen) atoms. The zero-order valence-electron chi connectivity index (χ0n) is 15.8. The number of hydrogen-bond donors (Lipinski definition) is 0. The highest BCUT2D eigenvalue weighted by molar-refractivity contribution is 6.13. The Morgan fingerprint density at radius 2 is 1.56 bits per heavy atom. The number of fused-ring (bicyclic) bond motifs is 4. The van der Waals surface area contributed by atoms with Crippen LogP contribution in [-0.4, -0.2) is 14.5 Å². The second-order valence-electron chi connectivity index (χ2n) is 7.47. The monoisotopic (exact) mass is 351 g/mol. The average Bonchev–Trinajstić information content (AvgIpc) is 2.98. The first kappa shape index (κ1) is 16.0. The van der Waals surface area contributed by atoms with Gasteiger partial charge in [-0.3, -0.25) is 0 Å². The van der Waals surface area contributed by atoms with Gasteiger partial charge in [0.05, 0.1) is 16.7 Å². The van der Waals surface area contributed by atoms with Crippen molar-refractivity contribution in [3.05, 3.63) is 72.6 Å². The Morgan fingerprint density at radius 1 is 0.852 bits per heavy atom. The van der Waals surface area contributed by atoms with E-state index in [9.17, 15) is 0 Å². The molecule has 0 aliphatic heterocycles. The number of aromatic nitrogens is 3. The number of benzene rings is 3. The third kappa shape index (κ3) is 2.42. The minimum absolute atomic E-state index is 0.523. The van der Waals surface area contributed by atoms with Gasteiger partial charge in [-0.05, 0) is 34.4 Å². The lowest BCUT2D eigenvalue weighted by atomic mass is 10.0. The van der Waals surface area contributed by atoms with Crippen LogP contribution in [0.4, 0.5) is 0 Å². The quantitative estimate of drug-likeness (QED) is 0.387. The zero-order valence-corrected chi connectivity index (χ0v) is 15.8. The van der Waals surface area contributed by atoms with E-state index >= 15 is 0 Å². The fourth-order valence-corrected chi connectivity index (χ4v) is 3.95. The summed E-state index contributed by atoms with van der Waals surface area (Å²) < 4.78 is 2.22. The van der Waals surface area contributed by atoms with Gasteiger partial charge in [0.2, 0.25) is 0 Å². The number of hydrogen-bond acceptors (Lipinski definition) is 2. The molecule has 2 aromatic heterocycles. The molecule has 0 aliphatic rings. The van der Waals surface area contributed by atoms with Crippen LogP contribution in [0.25, 0.3) is 44.0 Å². The molecule has 0 fully saturated rings. The van der Waals surface area contributed by atoms with Crippen LogP contribution >= 0.6 is 0 Å². The topological polar surface area (TPSA) is 30.7 Å². The van der Waals surface area contributed by atoms with Crippen molar-refractivity contribution < 1.29 is 0 Å². The third-order valence-corrected chi connectivity index (χ3v) is 5.49. The molecule has 3 aromatic carbocycles. The van der Waals surface area contributed by atoms with E-state index in [4.69, 9.17) is 0 Å². The summed E-state index contributed by atoms with van der Waals surface area (Å²) in [5.41, 5.74) is 6.73. The van der Waals surface area contributed by atoms with Gasteiger partial charge in [0, 0.05) is 18.0 Å². The molecule has 0 aliphatic carbocycles. The molecule has 0 bridgehead atoms. The van der Waals surface area contributed by atoms with Crippen LogP contribution in [0.1, 0.15) is 25.3 Å². The molecule has 5 rings (SSSR count). The molecule has 2 heterocycles. The molecule has 0 spiro atoms. The predicted octanol–water partition coefficient (Wildman–Crippen LogP) is 6.07. The molecule has 0 N–H and O–H groups in total. The first-order chi connectivity index (χ1) is 13.1. The maximum Gasteiger partial charge on any atom is 0.116 e. The number of nitrogens with zero attached hydrogens (tertiary/aromatic N) is 3. The largest absolute Gasteiger partial charge is 0.340 e. The molecule has 0 saturated carbocycles. The van der Waals surface area contributed by atoms with Crippen molar-refractivity contribution in [3.8, 4) is 11.3 Å². The second kappa shape index (κ2) is 5.92. The third-order valence-electron chi connectivity index (χ3n) is 5.49. The van der Waals surface area contributed by atoms with Crippen LogP contribution in [0.15, 0.2) is 67.0 Å². The lowest BCUT2D eigenvalue weighted by Crippen LogP contribution is -1.94. The molecule has 3 nitrogen and oxygen atoms in total. The summed E-state index contributed by atoms with van der Waals surface area (Å²) in [5.74, 6) is 0.523. The Hall–Kier alpha value is -3.20. The van der Waals surface area contributed by atoms with Gasteiger partial charge in [0.1, 0.15) is 11.8 Å². The summed E-state index contributed by atoms with van der Waals surface area (Å²) in [6, 6.07) is 21.7. The fourth-order valence-electron chi connectivity index (χ4n) is 3.95. The maximum atomic E-state index is 4.65. The van der Waals surface area contributed by atoms with Gasteiger partial charge < -0.3 is 4.57 Å². The maximum absolute atomic E-state index is 4.65. The molecular formula is C24H21N3. The molecule has 132 valence electrons. The van der Waals surface area contributed by atoms with Crippen LogP contribution in [0.2, 0.25) is 0 Å². The highest BCUT2D eigenvalue weighted by Crippen LogP contribution is 2.35. The molecule has 0 amide bonds. The smallest absolute Gasteiger partial charge is 0.116 e. The van der Waals surface area contributed by atoms with Gasteiger partial charge in [-0.2, -0.15) is 0 Å². The van der Waals surface area contributed by atoms with Gasteiger partial charge >= 0.3 is 0 Å². The molecule has 0 radical (unpaired) electrons. The predicted molar refractivity (Wildman–Crippen MR) is 113 cm³/mol. The Bertz CT molecular complexity index is 1290. The Kier molecular flexibility index (Phi) is 3.51. The first-order valence-corrected chi connectivity index (χ1v) is 9.35. The van der Waals surface area contributed by atoms with Crippen LogP contribution in [0.5, 0.6) is 0 Å². The van der Waals surface area contributed by atoms with Crippen molar-refractivity contribution in [1.29, 1.82) is 0 Å². The minimum atomic E-state index is 0.523. The van der Waals surface area contributed by atoms with Gasteiger partial charge in [-0.15, -0.1) is 0 Å². The van der Waals surface area contributed by atoms with E-state index in [1.54, 1.807) is 6.33 Å². The Morgan fingerprint density at radius 3 is 2.26 bits per heavy atom. The van der Waals surface area contributed by atoms with E-state index < -0.39 is 0 Å². The highest BCUT2D eigenvalue weighted by Gasteiger charge is 2.16. The van der Waals surface area contributed by atoms with E-state index in [1.165, 1.54) is 27.2 Å². The normalized spacial score (nSPS) is 11.9. The number of aryl methyl sites for hydroxylation is 1. The lowest BCUT2D eigenvalue weighted by molar-refractivity contribution is 0.867.